The fourth-order valence-electron chi connectivity index (χ4n) is 4.53. The van der Waals surface area contributed by atoms with Crippen molar-refractivity contribution in [2.24, 2.45) is 0 Å². The number of likely N-dealkylation sites (tertiary alicyclic amines) is 1. The molecule has 26 heavy (non-hydrogen) atoms. The molecular formula is C17H29N5O3S. The van der Waals surface area contributed by atoms with Crippen molar-refractivity contribution >= 4 is 16.1 Å². The molecule has 8 nitrogen and oxygen atoms in total. The fraction of sp³-hybridized carbons (Fsp3) is 0.882. The van der Waals surface area contributed by atoms with Gasteiger partial charge in [0.1, 0.15) is 6.04 Å². The maximum absolute atomic E-state index is 12.5. The summed E-state index contributed by atoms with van der Waals surface area (Å²) < 4.78 is 28.5. The lowest BCUT2D eigenvalue weighted by atomic mass is 9.62. The number of nitrogens with zero attached hydrogens (tertiary/aromatic N) is 3. The molecule has 0 aromatic rings. The van der Waals surface area contributed by atoms with Gasteiger partial charge < -0.3 is 10.2 Å². The Morgan fingerprint density at radius 1 is 1.19 bits per heavy atom. The number of nitriles is 1. The molecular weight excluding hydrogens is 354 g/mol. The van der Waals surface area contributed by atoms with E-state index in [0.717, 1.165) is 51.4 Å². The van der Waals surface area contributed by atoms with E-state index >= 15 is 0 Å². The van der Waals surface area contributed by atoms with Crippen molar-refractivity contribution in [3.05, 3.63) is 0 Å². The first-order chi connectivity index (χ1) is 12.2. The predicted molar refractivity (Wildman–Crippen MR) is 97.3 cm³/mol. The largest absolute Gasteiger partial charge is 0.326 e. The lowest BCUT2D eigenvalue weighted by Gasteiger charge is -2.54. The van der Waals surface area contributed by atoms with Gasteiger partial charge in [-0.2, -0.15) is 22.7 Å². The highest BCUT2D eigenvalue weighted by Crippen LogP contribution is 2.47. The molecule has 1 atom stereocenters. The number of amides is 1. The molecule has 0 spiro atoms. The van der Waals surface area contributed by atoms with Crippen molar-refractivity contribution in [3.63, 3.8) is 0 Å². The van der Waals surface area contributed by atoms with Crippen LogP contribution in [0, 0.1) is 11.3 Å². The second kappa shape index (κ2) is 7.08. The molecule has 2 bridgehead atoms. The van der Waals surface area contributed by atoms with E-state index in [1.54, 1.807) is 4.90 Å². The van der Waals surface area contributed by atoms with Crippen LogP contribution >= 0.6 is 0 Å². The van der Waals surface area contributed by atoms with Gasteiger partial charge in [-0.25, -0.2) is 0 Å². The summed E-state index contributed by atoms with van der Waals surface area (Å²) in [4.78, 5) is 14.2. The van der Waals surface area contributed by atoms with E-state index in [-0.39, 0.29) is 29.6 Å². The lowest BCUT2D eigenvalue weighted by Crippen LogP contribution is -2.64. The summed E-state index contributed by atoms with van der Waals surface area (Å²) in [5.41, 5.74) is -0.430. The molecule has 1 amide bonds. The van der Waals surface area contributed by atoms with Crippen LogP contribution in [0.5, 0.6) is 0 Å². The first kappa shape index (κ1) is 19.5. The minimum atomic E-state index is -3.44. The summed E-state index contributed by atoms with van der Waals surface area (Å²) in [7, 11) is -0.365. The Hall–Kier alpha value is -1.21. The smallest absolute Gasteiger partial charge is 0.279 e. The van der Waals surface area contributed by atoms with Crippen molar-refractivity contribution in [1.82, 2.24) is 19.2 Å². The van der Waals surface area contributed by atoms with Gasteiger partial charge in [0.25, 0.3) is 10.2 Å². The minimum absolute atomic E-state index is 0.000791. The number of hydrogen-bond donors (Lipinski definition) is 2. The Bertz CT molecular complexity index is 675. The summed E-state index contributed by atoms with van der Waals surface area (Å²) in [6.07, 6.45) is 6.59. The molecule has 3 aliphatic carbocycles. The first-order valence-corrected chi connectivity index (χ1v) is 10.8. The van der Waals surface area contributed by atoms with E-state index < -0.39 is 10.2 Å². The van der Waals surface area contributed by atoms with Gasteiger partial charge in [0.15, 0.2) is 0 Å². The van der Waals surface area contributed by atoms with Gasteiger partial charge in [0, 0.05) is 31.7 Å². The third kappa shape index (κ3) is 3.74. The highest BCUT2D eigenvalue weighted by Gasteiger charge is 2.50. The Balaban J connectivity index is 1.55. The Kier molecular flexibility index (Phi) is 5.32. The number of nitrogens with one attached hydrogen (secondary N) is 2. The molecule has 4 rings (SSSR count). The number of hydrogen-bond acceptors (Lipinski definition) is 5. The van der Waals surface area contributed by atoms with E-state index in [1.807, 2.05) is 0 Å². The van der Waals surface area contributed by atoms with Crippen LogP contribution in [0.25, 0.3) is 0 Å². The highest BCUT2D eigenvalue weighted by molar-refractivity contribution is 7.87. The third-order valence-corrected chi connectivity index (χ3v) is 8.06. The van der Waals surface area contributed by atoms with Gasteiger partial charge in [-0.15, -0.1) is 0 Å². The normalized spacial score (nSPS) is 34.2. The van der Waals surface area contributed by atoms with Gasteiger partial charge in [0.05, 0.1) is 12.6 Å². The maximum Gasteiger partial charge on any atom is 0.279 e. The molecule has 1 saturated heterocycles. The van der Waals surface area contributed by atoms with Crippen LogP contribution < -0.4 is 10.0 Å². The summed E-state index contributed by atoms with van der Waals surface area (Å²) >= 11 is 0. The number of fused-ring (bicyclic) bond motifs is 3. The van der Waals surface area contributed by atoms with Gasteiger partial charge in [-0.1, -0.05) is 0 Å². The highest BCUT2D eigenvalue weighted by atomic mass is 32.2. The molecule has 0 aromatic carbocycles. The Morgan fingerprint density at radius 2 is 1.77 bits per heavy atom. The maximum atomic E-state index is 12.5. The monoisotopic (exact) mass is 383 g/mol. The van der Waals surface area contributed by atoms with E-state index in [1.165, 1.54) is 18.4 Å². The molecule has 146 valence electrons. The summed E-state index contributed by atoms with van der Waals surface area (Å²) in [6, 6.07) is 1.92. The SMILES string of the molecule is CN(C)S(=O)(=O)NC12CCC(NCC(=O)N3CCC[C@H]3C#N)(CC1)CC2. The van der Waals surface area contributed by atoms with Crippen molar-refractivity contribution in [2.45, 2.75) is 68.5 Å². The quantitative estimate of drug-likeness (QED) is 0.688. The molecule has 3 saturated carbocycles. The summed E-state index contributed by atoms with van der Waals surface area (Å²) in [6.45, 7) is 0.926. The minimum Gasteiger partial charge on any atom is -0.326 e. The van der Waals surface area contributed by atoms with E-state index in [2.05, 4.69) is 16.1 Å². The number of carbonyl (C=O) groups is 1. The molecule has 0 unspecified atom stereocenters. The number of carbonyl (C=O) groups excluding carboxylic acids is 1. The van der Waals surface area contributed by atoms with Crippen LogP contribution in [0.15, 0.2) is 0 Å². The zero-order chi connectivity index (χ0) is 19.0. The fourth-order valence-corrected chi connectivity index (χ4v) is 5.57. The van der Waals surface area contributed by atoms with E-state index in [0.29, 0.717) is 6.54 Å². The van der Waals surface area contributed by atoms with Crippen molar-refractivity contribution in [3.8, 4) is 6.07 Å². The Labute approximate surface area is 156 Å². The molecule has 1 heterocycles. The topological polar surface area (TPSA) is 106 Å². The summed E-state index contributed by atoms with van der Waals surface area (Å²) in [5, 5.41) is 12.6. The second-order valence-electron chi connectivity index (χ2n) is 8.18. The van der Waals surface area contributed by atoms with Crippen LogP contribution in [0.1, 0.15) is 51.4 Å². The molecule has 2 N–H and O–H groups in total. The standard InChI is InChI=1S/C17H29N5O3S/c1-21(2)26(24,25)20-17-8-5-16(6-9-17,7-10-17)19-13-15(23)22-11-3-4-14(22)12-18/h14,19-20H,3-11,13H2,1-2H3/t14-,16?,17?/m0/s1. The summed E-state index contributed by atoms with van der Waals surface area (Å²) in [5.74, 6) is -0.000791. The average molecular weight is 384 g/mol. The average Bonchev–Trinajstić information content (AvgIpc) is 3.09. The van der Waals surface area contributed by atoms with E-state index in [9.17, 15) is 13.2 Å². The molecule has 4 fully saturated rings. The second-order valence-corrected chi connectivity index (χ2v) is 10.1. The predicted octanol–water partition coefficient (Wildman–Crippen LogP) is 0.332. The van der Waals surface area contributed by atoms with Crippen molar-refractivity contribution in [2.75, 3.05) is 27.2 Å². The lowest BCUT2D eigenvalue weighted by molar-refractivity contribution is -0.130. The first-order valence-electron chi connectivity index (χ1n) is 9.37. The molecule has 4 aliphatic rings. The number of rotatable bonds is 6. The van der Waals surface area contributed by atoms with Crippen LogP contribution in [-0.4, -0.2) is 67.8 Å². The molecule has 9 heteroatoms. The van der Waals surface area contributed by atoms with Gasteiger partial charge in [-0.3, -0.25) is 4.79 Å². The van der Waals surface area contributed by atoms with Gasteiger partial charge in [-0.05, 0) is 51.4 Å². The van der Waals surface area contributed by atoms with Crippen LogP contribution in [0.2, 0.25) is 0 Å². The third-order valence-electron chi connectivity index (χ3n) is 6.41. The van der Waals surface area contributed by atoms with Crippen molar-refractivity contribution < 1.29 is 13.2 Å². The van der Waals surface area contributed by atoms with Gasteiger partial charge in [0.2, 0.25) is 5.91 Å². The van der Waals surface area contributed by atoms with Crippen LogP contribution in [0.4, 0.5) is 0 Å². The van der Waals surface area contributed by atoms with Crippen molar-refractivity contribution in [1.29, 1.82) is 5.26 Å². The van der Waals surface area contributed by atoms with Crippen LogP contribution in [0.3, 0.4) is 0 Å². The molecule has 1 aliphatic heterocycles. The molecule has 0 aromatic heterocycles. The van der Waals surface area contributed by atoms with Gasteiger partial charge >= 0.3 is 0 Å². The van der Waals surface area contributed by atoms with E-state index in [4.69, 9.17) is 5.26 Å². The zero-order valence-corrected chi connectivity index (χ0v) is 16.4. The van der Waals surface area contributed by atoms with Crippen LogP contribution in [-0.2, 0) is 15.0 Å². The Morgan fingerprint density at radius 3 is 2.31 bits per heavy atom. The molecule has 0 radical (unpaired) electrons. The zero-order valence-electron chi connectivity index (χ0n) is 15.6.